The number of nitrogen functional groups attached to an aromatic ring is 1. The zero-order valence-electron chi connectivity index (χ0n) is 9.94. The highest BCUT2D eigenvalue weighted by Crippen LogP contribution is 2.33. The number of benzene rings is 1. The molecule has 17 heavy (non-hydrogen) atoms. The van der Waals surface area contributed by atoms with Crippen LogP contribution >= 0.6 is 0 Å². The fourth-order valence-electron chi connectivity index (χ4n) is 1.72. The summed E-state index contributed by atoms with van der Waals surface area (Å²) in [6, 6.07) is 5.10. The van der Waals surface area contributed by atoms with Crippen molar-refractivity contribution in [2.75, 3.05) is 19.5 Å². The number of hydrogen-bond donors (Lipinski definition) is 1. The zero-order valence-corrected chi connectivity index (χ0v) is 9.94. The second-order valence-corrected chi connectivity index (χ2v) is 4.30. The Kier molecular flexibility index (Phi) is 3.52. The molecule has 1 aliphatic rings. The van der Waals surface area contributed by atoms with Crippen LogP contribution in [0.1, 0.15) is 29.6 Å². The summed E-state index contributed by atoms with van der Waals surface area (Å²) in [5.74, 6) is 0.820. The Morgan fingerprint density at radius 1 is 1.47 bits per heavy atom. The van der Waals surface area contributed by atoms with Gasteiger partial charge in [0.05, 0.1) is 19.4 Å². The van der Waals surface area contributed by atoms with Gasteiger partial charge >= 0.3 is 5.97 Å². The first-order chi connectivity index (χ1) is 8.22. The molecule has 0 amide bonds. The van der Waals surface area contributed by atoms with Crippen molar-refractivity contribution in [3.05, 3.63) is 23.8 Å². The van der Waals surface area contributed by atoms with Gasteiger partial charge in [-0.2, -0.15) is 0 Å². The summed E-state index contributed by atoms with van der Waals surface area (Å²) in [6.07, 6.45) is 3.60. The number of methoxy groups -OCH3 is 1. The van der Waals surface area contributed by atoms with E-state index < -0.39 is 5.97 Å². The van der Waals surface area contributed by atoms with Gasteiger partial charge < -0.3 is 15.2 Å². The fraction of sp³-hybridized carbons (Fsp3) is 0.462. The van der Waals surface area contributed by atoms with E-state index in [-0.39, 0.29) is 0 Å². The molecule has 4 heteroatoms. The van der Waals surface area contributed by atoms with Crippen LogP contribution in [0.4, 0.5) is 5.69 Å². The second-order valence-electron chi connectivity index (χ2n) is 4.30. The van der Waals surface area contributed by atoms with Crippen LogP contribution in [-0.2, 0) is 4.74 Å². The van der Waals surface area contributed by atoms with Gasteiger partial charge in [-0.3, -0.25) is 0 Å². The van der Waals surface area contributed by atoms with Gasteiger partial charge in [-0.1, -0.05) is 18.9 Å². The maximum absolute atomic E-state index is 11.5. The summed E-state index contributed by atoms with van der Waals surface area (Å²) in [6.45, 7) is 0.600. The minimum absolute atomic E-state index is 0.392. The number of para-hydroxylation sites is 1. The van der Waals surface area contributed by atoms with E-state index in [0.29, 0.717) is 23.6 Å². The molecule has 1 fully saturated rings. The molecular weight excluding hydrogens is 218 g/mol. The average molecular weight is 235 g/mol. The summed E-state index contributed by atoms with van der Waals surface area (Å²) in [5, 5.41) is 0. The van der Waals surface area contributed by atoms with Gasteiger partial charge in [-0.25, -0.2) is 4.79 Å². The number of carbonyl (C=O) groups excluding carboxylic acids is 1. The Morgan fingerprint density at radius 2 is 2.24 bits per heavy atom. The molecule has 0 aliphatic heterocycles. The molecule has 1 saturated carbocycles. The van der Waals surface area contributed by atoms with E-state index in [1.807, 2.05) is 0 Å². The van der Waals surface area contributed by atoms with E-state index in [2.05, 4.69) is 0 Å². The maximum atomic E-state index is 11.5. The standard InChI is InChI=1S/C13H17NO3/c1-16-13(15)10-3-2-4-11(14)12(10)17-8-7-9-5-6-9/h2-4,9H,5-8,14H2,1H3. The quantitative estimate of drug-likeness (QED) is 0.628. The lowest BCUT2D eigenvalue weighted by molar-refractivity contribution is 0.0596. The summed E-state index contributed by atoms with van der Waals surface area (Å²) in [5.41, 5.74) is 6.68. The van der Waals surface area contributed by atoms with Crippen LogP contribution in [0.3, 0.4) is 0 Å². The summed E-state index contributed by atoms with van der Waals surface area (Å²) in [4.78, 5) is 11.5. The molecule has 0 saturated heterocycles. The van der Waals surface area contributed by atoms with E-state index in [1.54, 1.807) is 18.2 Å². The van der Waals surface area contributed by atoms with E-state index in [1.165, 1.54) is 20.0 Å². The van der Waals surface area contributed by atoms with Crippen LogP contribution in [0.5, 0.6) is 5.75 Å². The van der Waals surface area contributed by atoms with Gasteiger partial charge in [-0.15, -0.1) is 0 Å². The first-order valence-electron chi connectivity index (χ1n) is 5.82. The van der Waals surface area contributed by atoms with E-state index >= 15 is 0 Å². The van der Waals surface area contributed by atoms with Crippen molar-refractivity contribution >= 4 is 11.7 Å². The lowest BCUT2D eigenvalue weighted by atomic mass is 10.1. The van der Waals surface area contributed by atoms with Gasteiger partial charge in [-0.05, 0) is 24.5 Å². The number of esters is 1. The van der Waals surface area contributed by atoms with E-state index in [0.717, 1.165) is 12.3 Å². The average Bonchev–Trinajstić information content (AvgIpc) is 3.14. The third kappa shape index (κ3) is 2.90. The Hall–Kier alpha value is -1.71. The fourth-order valence-corrected chi connectivity index (χ4v) is 1.72. The SMILES string of the molecule is COC(=O)c1cccc(N)c1OCCC1CC1. The molecule has 0 spiro atoms. The Bertz CT molecular complexity index is 413. The maximum Gasteiger partial charge on any atom is 0.341 e. The van der Waals surface area contributed by atoms with Crippen LogP contribution in [0, 0.1) is 5.92 Å². The zero-order chi connectivity index (χ0) is 12.3. The lowest BCUT2D eigenvalue weighted by Gasteiger charge is -2.12. The number of nitrogens with two attached hydrogens (primary N) is 1. The molecule has 0 radical (unpaired) electrons. The van der Waals surface area contributed by atoms with Crippen LogP contribution in [0.2, 0.25) is 0 Å². The molecule has 1 aromatic carbocycles. The third-order valence-corrected chi connectivity index (χ3v) is 2.92. The van der Waals surface area contributed by atoms with E-state index in [4.69, 9.17) is 15.2 Å². The van der Waals surface area contributed by atoms with Crippen molar-refractivity contribution in [3.63, 3.8) is 0 Å². The van der Waals surface area contributed by atoms with Gasteiger partial charge in [0, 0.05) is 0 Å². The highest BCUT2D eigenvalue weighted by Gasteiger charge is 2.22. The van der Waals surface area contributed by atoms with Crippen molar-refractivity contribution in [1.29, 1.82) is 0 Å². The topological polar surface area (TPSA) is 61.5 Å². The molecule has 0 unspecified atom stereocenters. The van der Waals surface area contributed by atoms with Crippen LogP contribution in [0.25, 0.3) is 0 Å². The molecule has 0 heterocycles. The molecule has 0 atom stereocenters. The third-order valence-electron chi connectivity index (χ3n) is 2.92. The predicted molar refractivity (Wildman–Crippen MR) is 65.0 cm³/mol. The first-order valence-corrected chi connectivity index (χ1v) is 5.82. The Balaban J connectivity index is 2.08. The van der Waals surface area contributed by atoms with Crippen molar-refractivity contribution in [2.24, 2.45) is 5.92 Å². The molecule has 4 nitrogen and oxygen atoms in total. The number of rotatable bonds is 5. The number of ether oxygens (including phenoxy) is 2. The smallest absolute Gasteiger partial charge is 0.341 e. The Labute approximate surface area is 101 Å². The van der Waals surface area contributed by atoms with Crippen molar-refractivity contribution in [3.8, 4) is 5.75 Å². The molecule has 2 rings (SSSR count). The number of anilines is 1. The highest BCUT2D eigenvalue weighted by molar-refractivity contribution is 5.94. The highest BCUT2D eigenvalue weighted by atomic mass is 16.5. The number of carbonyl (C=O) groups is 1. The van der Waals surface area contributed by atoms with Gasteiger partial charge in [0.15, 0.2) is 5.75 Å². The van der Waals surface area contributed by atoms with Gasteiger partial charge in [0.25, 0.3) is 0 Å². The van der Waals surface area contributed by atoms with Crippen LogP contribution in [-0.4, -0.2) is 19.7 Å². The second kappa shape index (κ2) is 5.08. The molecular formula is C13H17NO3. The van der Waals surface area contributed by atoms with Crippen molar-refractivity contribution in [2.45, 2.75) is 19.3 Å². The van der Waals surface area contributed by atoms with Gasteiger partial charge in [0.1, 0.15) is 5.56 Å². The summed E-state index contributed by atoms with van der Waals surface area (Å²) in [7, 11) is 1.35. The molecule has 92 valence electrons. The molecule has 1 aromatic rings. The largest absolute Gasteiger partial charge is 0.491 e. The minimum Gasteiger partial charge on any atom is -0.491 e. The van der Waals surface area contributed by atoms with Crippen molar-refractivity contribution < 1.29 is 14.3 Å². The van der Waals surface area contributed by atoms with Crippen LogP contribution < -0.4 is 10.5 Å². The van der Waals surface area contributed by atoms with E-state index in [9.17, 15) is 4.79 Å². The van der Waals surface area contributed by atoms with Gasteiger partial charge in [0.2, 0.25) is 0 Å². The molecule has 0 aromatic heterocycles. The molecule has 1 aliphatic carbocycles. The van der Waals surface area contributed by atoms with Crippen LogP contribution in [0.15, 0.2) is 18.2 Å². The Morgan fingerprint density at radius 3 is 2.88 bits per heavy atom. The molecule has 0 bridgehead atoms. The molecule has 2 N–H and O–H groups in total. The normalized spacial score (nSPS) is 14.4. The lowest BCUT2D eigenvalue weighted by Crippen LogP contribution is -2.09. The summed E-state index contributed by atoms with van der Waals surface area (Å²) >= 11 is 0. The monoisotopic (exact) mass is 235 g/mol. The summed E-state index contributed by atoms with van der Waals surface area (Å²) < 4.78 is 10.3. The predicted octanol–water partition coefficient (Wildman–Crippen LogP) is 2.23. The minimum atomic E-state index is -0.418. The number of hydrogen-bond acceptors (Lipinski definition) is 4. The van der Waals surface area contributed by atoms with Crippen molar-refractivity contribution in [1.82, 2.24) is 0 Å². The first kappa shape index (κ1) is 11.8.